The second-order valence-corrected chi connectivity index (χ2v) is 8.78. The van der Waals surface area contributed by atoms with Gasteiger partial charge in [0.2, 0.25) is 0 Å². The van der Waals surface area contributed by atoms with Gasteiger partial charge in [0.1, 0.15) is 0 Å². The molecule has 3 saturated carbocycles. The molecule has 0 spiro atoms. The molecule has 0 amide bonds. The summed E-state index contributed by atoms with van der Waals surface area (Å²) in [5.41, 5.74) is 4.05. The lowest BCUT2D eigenvalue weighted by atomic mass is 9.47. The zero-order valence-corrected chi connectivity index (χ0v) is 14.5. The maximum absolute atomic E-state index is 11.9. The Morgan fingerprint density at radius 3 is 2.55 bits per heavy atom. The summed E-state index contributed by atoms with van der Waals surface area (Å²) < 4.78 is 0. The molecule has 0 aromatic carbocycles. The van der Waals surface area contributed by atoms with Crippen LogP contribution in [-0.4, -0.2) is 5.78 Å². The highest BCUT2D eigenvalue weighted by Gasteiger charge is 2.57. The molecule has 0 radical (unpaired) electrons. The number of carbonyl (C=O) groups is 1. The topological polar surface area (TPSA) is 17.1 Å². The average Bonchev–Trinajstić information content (AvgIpc) is 2.84. The first-order valence-corrected chi connectivity index (χ1v) is 9.38. The van der Waals surface area contributed by atoms with Crippen LogP contribution in [0.2, 0.25) is 0 Å². The van der Waals surface area contributed by atoms with E-state index in [4.69, 9.17) is 0 Å². The van der Waals surface area contributed by atoms with Crippen molar-refractivity contribution in [3.05, 3.63) is 23.3 Å². The van der Waals surface area contributed by atoms with Crippen LogP contribution in [0.3, 0.4) is 0 Å². The molecule has 0 aliphatic heterocycles. The van der Waals surface area contributed by atoms with Gasteiger partial charge in [-0.05, 0) is 86.5 Å². The van der Waals surface area contributed by atoms with Crippen molar-refractivity contribution >= 4 is 5.78 Å². The molecular formula is C21H30O. The van der Waals surface area contributed by atoms with Gasteiger partial charge >= 0.3 is 0 Å². The van der Waals surface area contributed by atoms with Crippen LogP contribution >= 0.6 is 0 Å². The largest absolute Gasteiger partial charge is 0.295 e. The summed E-state index contributed by atoms with van der Waals surface area (Å²) in [6.07, 6.45) is 14.3. The summed E-state index contributed by atoms with van der Waals surface area (Å²) >= 11 is 0. The Bertz CT molecular complexity index is 568. The first kappa shape index (κ1) is 14.7. The van der Waals surface area contributed by atoms with Gasteiger partial charge in [0.05, 0.1) is 0 Å². The van der Waals surface area contributed by atoms with E-state index in [0.29, 0.717) is 16.6 Å². The molecule has 5 unspecified atom stereocenters. The maximum Gasteiger partial charge on any atom is 0.155 e. The third-order valence-corrected chi connectivity index (χ3v) is 8.16. The molecule has 22 heavy (non-hydrogen) atoms. The van der Waals surface area contributed by atoms with Gasteiger partial charge in [-0.2, -0.15) is 0 Å². The molecule has 0 saturated heterocycles. The van der Waals surface area contributed by atoms with Crippen molar-refractivity contribution in [2.24, 2.45) is 28.6 Å². The zero-order valence-electron chi connectivity index (χ0n) is 14.5. The van der Waals surface area contributed by atoms with Crippen molar-refractivity contribution in [3.8, 4) is 0 Å². The van der Waals surface area contributed by atoms with Gasteiger partial charge in [-0.1, -0.05) is 31.1 Å². The van der Waals surface area contributed by atoms with Crippen LogP contribution in [0.1, 0.15) is 72.1 Å². The van der Waals surface area contributed by atoms with E-state index in [1.54, 1.807) is 5.57 Å². The Hall–Kier alpha value is -0.850. The first-order chi connectivity index (χ1) is 10.5. The van der Waals surface area contributed by atoms with Crippen LogP contribution in [0.25, 0.3) is 0 Å². The number of hydrogen-bond donors (Lipinski definition) is 0. The van der Waals surface area contributed by atoms with Crippen molar-refractivity contribution in [1.29, 1.82) is 0 Å². The fourth-order valence-electron chi connectivity index (χ4n) is 6.88. The molecule has 4 aliphatic rings. The average molecular weight is 298 g/mol. The van der Waals surface area contributed by atoms with Crippen molar-refractivity contribution in [2.75, 3.05) is 0 Å². The van der Waals surface area contributed by atoms with E-state index in [9.17, 15) is 4.79 Å². The van der Waals surface area contributed by atoms with Gasteiger partial charge in [0, 0.05) is 6.42 Å². The minimum atomic E-state index is 0.330. The van der Waals surface area contributed by atoms with E-state index < -0.39 is 0 Å². The number of carbonyl (C=O) groups excluding carboxylic acids is 1. The minimum absolute atomic E-state index is 0.330. The third-order valence-electron chi connectivity index (χ3n) is 8.16. The predicted molar refractivity (Wildman–Crippen MR) is 90.5 cm³/mol. The molecule has 0 aromatic rings. The molecule has 1 nitrogen and oxygen atoms in total. The lowest BCUT2D eigenvalue weighted by Crippen LogP contribution is -2.49. The summed E-state index contributed by atoms with van der Waals surface area (Å²) in [4.78, 5) is 11.9. The number of rotatable bonds is 0. The van der Waals surface area contributed by atoms with Crippen LogP contribution < -0.4 is 0 Å². The lowest BCUT2D eigenvalue weighted by molar-refractivity contribution is -0.117. The maximum atomic E-state index is 11.9. The van der Waals surface area contributed by atoms with E-state index in [2.05, 4.69) is 26.8 Å². The Morgan fingerprint density at radius 1 is 1.00 bits per heavy atom. The molecule has 1 heteroatoms. The fourth-order valence-corrected chi connectivity index (χ4v) is 6.88. The number of allylic oxidation sites excluding steroid dienone is 3. The van der Waals surface area contributed by atoms with Gasteiger partial charge in [0.25, 0.3) is 0 Å². The molecule has 0 N–H and O–H groups in total. The van der Waals surface area contributed by atoms with Gasteiger partial charge in [0.15, 0.2) is 5.78 Å². The van der Waals surface area contributed by atoms with E-state index in [0.717, 1.165) is 30.6 Å². The molecule has 0 bridgehead atoms. The summed E-state index contributed by atoms with van der Waals surface area (Å²) in [5.74, 6) is 3.00. The number of ketones is 1. The van der Waals surface area contributed by atoms with Crippen molar-refractivity contribution in [2.45, 2.75) is 72.1 Å². The fraction of sp³-hybridized carbons (Fsp3) is 0.762. The summed E-state index contributed by atoms with van der Waals surface area (Å²) in [6.45, 7) is 7.27. The molecule has 4 rings (SSSR count). The first-order valence-electron chi connectivity index (χ1n) is 9.38. The van der Waals surface area contributed by atoms with Gasteiger partial charge in [-0.15, -0.1) is 0 Å². The Kier molecular flexibility index (Phi) is 3.23. The highest BCUT2D eigenvalue weighted by molar-refractivity contribution is 5.91. The van der Waals surface area contributed by atoms with Crippen LogP contribution in [0, 0.1) is 28.6 Å². The third kappa shape index (κ3) is 1.80. The normalized spacial score (nSPS) is 49.4. The van der Waals surface area contributed by atoms with Gasteiger partial charge < -0.3 is 0 Å². The number of hydrogen-bond acceptors (Lipinski definition) is 1. The second-order valence-electron chi connectivity index (χ2n) is 8.78. The molecule has 4 aliphatic carbocycles. The summed E-state index contributed by atoms with van der Waals surface area (Å²) in [5, 5.41) is 0. The smallest absolute Gasteiger partial charge is 0.155 e. The minimum Gasteiger partial charge on any atom is -0.295 e. The van der Waals surface area contributed by atoms with Crippen LogP contribution in [0.15, 0.2) is 23.3 Å². The Morgan fingerprint density at radius 2 is 1.77 bits per heavy atom. The lowest BCUT2D eigenvalue weighted by Gasteiger charge is -2.57. The van der Waals surface area contributed by atoms with Crippen molar-refractivity contribution in [1.82, 2.24) is 0 Å². The molecule has 0 aromatic heterocycles. The zero-order chi connectivity index (χ0) is 15.5. The Balaban J connectivity index is 1.70. The molecular weight excluding hydrogens is 268 g/mol. The van der Waals surface area contributed by atoms with E-state index in [-0.39, 0.29) is 0 Å². The summed E-state index contributed by atoms with van der Waals surface area (Å²) in [6, 6.07) is 0. The van der Waals surface area contributed by atoms with E-state index >= 15 is 0 Å². The summed E-state index contributed by atoms with van der Waals surface area (Å²) in [7, 11) is 0. The van der Waals surface area contributed by atoms with Crippen molar-refractivity contribution < 1.29 is 4.79 Å². The molecule has 5 atom stereocenters. The monoisotopic (exact) mass is 298 g/mol. The predicted octanol–water partition coefficient (Wildman–Crippen LogP) is 5.46. The highest BCUT2D eigenvalue weighted by atomic mass is 16.1. The molecule has 3 fully saturated rings. The molecule has 120 valence electrons. The molecule has 0 heterocycles. The van der Waals surface area contributed by atoms with E-state index in [1.807, 2.05) is 6.08 Å². The quantitative estimate of drug-likeness (QED) is 0.542. The SMILES string of the molecule is C/C=C1\CCC2C3CCC4=CC(=O)CCC4(C)C3CCC12C. The number of fused-ring (bicyclic) bond motifs is 5. The van der Waals surface area contributed by atoms with Crippen molar-refractivity contribution in [3.63, 3.8) is 0 Å². The van der Waals surface area contributed by atoms with E-state index in [1.165, 1.54) is 44.1 Å². The Labute approximate surface area is 135 Å². The van der Waals surface area contributed by atoms with Crippen LogP contribution in [-0.2, 0) is 4.79 Å². The van der Waals surface area contributed by atoms with Crippen LogP contribution in [0.5, 0.6) is 0 Å². The van der Waals surface area contributed by atoms with Crippen LogP contribution in [0.4, 0.5) is 0 Å². The van der Waals surface area contributed by atoms with Gasteiger partial charge in [-0.3, -0.25) is 4.79 Å². The van der Waals surface area contributed by atoms with Gasteiger partial charge in [-0.25, -0.2) is 0 Å². The second kappa shape index (κ2) is 4.82. The highest BCUT2D eigenvalue weighted by Crippen LogP contribution is 2.66. The standard InChI is InChI=1S/C21H30O/c1-4-14-6-8-18-17-7-5-15-13-16(22)9-11-21(15,3)19(17)10-12-20(14,18)2/h4,13,17-19H,5-12H2,1-3H3/b14-4+.